The number of rotatable bonds is 9. The summed E-state index contributed by atoms with van der Waals surface area (Å²) in [6.07, 6.45) is -3.81. The molecule has 1 N–H and O–H groups in total. The molecule has 5 aromatic carbocycles. The van der Waals surface area contributed by atoms with Crippen LogP contribution < -0.4 is 10.1 Å². The van der Waals surface area contributed by atoms with Crippen molar-refractivity contribution in [1.82, 2.24) is 14.9 Å². The zero-order chi connectivity index (χ0) is 29.8. The zero-order valence-electron chi connectivity index (χ0n) is 23.1. The molecule has 0 saturated heterocycles. The Morgan fingerprint density at radius 1 is 0.814 bits per heavy atom. The number of fused-ring (bicyclic) bond motifs is 2. The van der Waals surface area contributed by atoms with Crippen molar-refractivity contribution < 1.29 is 22.7 Å². The van der Waals surface area contributed by atoms with E-state index in [9.17, 15) is 18.0 Å². The molecule has 8 heteroatoms. The van der Waals surface area contributed by atoms with E-state index in [0.717, 1.165) is 22.4 Å². The van der Waals surface area contributed by atoms with Crippen LogP contribution in [0.2, 0.25) is 0 Å². The van der Waals surface area contributed by atoms with Gasteiger partial charge in [0.25, 0.3) is 5.91 Å². The van der Waals surface area contributed by atoms with Crippen molar-refractivity contribution in [3.63, 3.8) is 0 Å². The second-order valence-corrected chi connectivity index (χ2v) is 10.3. The average molecular weight is 580 g/mol. The van der Waals surface area contributed by atoms with Crippen molar-refractivity contribution in [2.75, 3.05) is 6.54 Å². The van der Waals surface area contributed by atoms with Gasteiger partial charge in [0.1, 0.15) is 18.2 Å². The molecule has 0 spiro atoms. The number of nitrogens with one attached hydrogen (secondary N) is 1. The van der Waals surface area contributed by atoms with Crippen LogP contribution in [0, 0.1) is 0 Å². The fourth-order valence-corrected chi connectivity index (χ4v) is 5.18. The number of alkyl halides is 3. The summed E-state index contributed by atoms with van der Waals surface area (Å²) in [6, 6.07) is 34.1. The van der Waals surface area contributed by atoms with Gasteiger partial charge in [-0.25, -0.2) is 4.98 Å². The smallest absolute Gasteiger partial charge is 0.416 e. The molecule has 0 radical (unpaired) electrons. The Kier molecular flexibility index (Phi) is 7.83. The summed E-state index contributed by atoms with van der Waals surface area (Å²) >= 11 is 0. The van der Waals surface area contributed by atoms with Crippen molar-refractivity contribution in [1.29, 1.82) is 0 Å². The highest BCUT2D eigenvalue weighted by molar-refractivity contribution is 5.97. The highest BCUT2D eigenvalue weighted by Gasteiger charge is 2.33. The van der Waals surface area contributed by atoms with Crippen LogP contribution in [0.25, 0.3) is 21.8 Å². The van der Waals surface area contributed by atoms with E-state index >= 15 is 0 Å². The van der Waals surface area contributed by atoms with Gasteiger partial charge in [-0.3, -0.25) is 4.79 Å². The van der Waals surface area contributed by atoms with Crippen molar-refractivity contribution in [3.05, 3.63) is 143 Å². The van der Waals surface area contributed by atoms with E-state index in [1.807, 2.05) is 72.8 Å². The number of aromatic nitrogens is 2. The van der Waals surface area contributed by atoms with Crippen LogP contribution in [-0.2, 0) is 25.7 Å². The third-order valence-electron chi connectivity index (χ3n) is 7.37. The minimum Gasteiger partial charge on any atom is -0.486 e. The number of imidazole rings is 1. The molecule has 0 aliphatic carbocycles. The third kappa shape index (κ3) is 6.38. The standard InChI is InChI=1S/C35H28F3N3O2/c36-35(37,38)30-13-7-6-12-28(30)22-41-32-17-15-27(34(42)39-19-18-24-8-2-1-3-9-24)21-31(32)40-33(41)23-43-29-16-14-25-10-4-5-11-26(25)20-29/h1-17,20-21H,18-19,22-23H2,(H,39,42). The normalized spacial score (nSPS) is 11.6. The molecular formula is C35H28F3N3O2. The van der Waals surface area contributed by atoms with Gasteiger partial charge < -0.3 is 14.6 Å². The van der Waals surface area contributed by atoms with Crippen molar-refractivity contribution in [2.24, 2.45) is 0 Å². The van der Waals surface area contributed by atoms with Gasteiger partial charge >= 0.3 is 6.18 Å². The van der Waals surface area contributed by atoms with Crippen LogP contribution in [0.15, 0.2) is 115 Å². The molecule has 6 aromatic rings. The van der Waals surface area contributed by atoms with Gasteiger partial charge in [-0.1, -0.05) is 78.9 Å². The predicted molar refractivity (Wildman–Crippen MR) is 161 cm³/mol. The van der Waals surface area contributed by atoms with Crippen LogP contribution in [0.5, 0.6) is 5.75 Å². The van der Waals surface area contributed by atoms with Crippen LogP contribution in [0.3, 0.4) is 0 Å². The maximum atomic E-state index is 13.8. The number of ether oxygens (including phenoxy) is 1. The SMILES string of the molecule is O=C(NCCc1ccccc1)c1ccc2c(c1)nc(COc1ccc3ccccc3c1)n2Cc1ccccc1C(F)(F)F. The maximum absolute atomic E-state index is 13.8. The number of carbonyl (C=O) groups is 1. The number of halogens is 3. The molecule has 0 bridgehead atoms. The Hall–Kier alpha value is -5.11. The highest BCUT2D eigenvalue weighted by atomic mass is 19.4. The Morgan fingerprint density at radius 3 is 2.37 bits per heavy atom. The van der Waals surface area contributed by atoms with E-state index in [4.69, 9.17) is 9.72 Å². The summed E-state index contributed by atoms with van der Waals surface area (Å²) in [4.78, 5) is 17.7. The average Bonchev–Trinajstić information content (AvgIpc) is 3.36. The molecule has 216 valence electrons. The van der Waals surface area contributed by atoms with Gasteiger partial charge in [0.05, 0.1) is 23.1 Å². The monoisotopic (exact) mass is 579 g/mol. The van der Waals surface area contributed by atoms with E-state index in [-0.39, 0.29) is 24.6 Å². The number of nitrogens with zero attached hydrogens (tertiary/aromatic N) is 2. The van der Waals surface area contributed by atoms with Gasteiger partial charge in [-0.2, -0.15) is 13.2 Å². The Labute approximate surface area is 246 Å². The van der Waals surface area contributed by atoms with E-state index in [1.165, 1.54) is 12.1 Å². The van der Waals surface area contributed by atoms with Crippen LogP contribution in [-0.4, -0.2) is 22.0 Å². The largest absolute Gasteiger partial charge is 0.486 e. The van der Waals surface area contributed by atoms with Crippen molar-refractivity contribution in [2.45, 2.75) is 25.7 Å². The van der Waals surface area contributed by atoms with E-state index in [2.05, 4.69) is 5.32 Å². The molecule has 0 fully saturated rings. The van der Waals surface area contributed by atoms with Gasteiger partial charge in [0.15, 0.2) is 0 Å². The first kappa shape index (κ1) is 28.0. The lowest BCUT2D eigenvalue weighted by atomic mass is 10.1. The molecule has 0 aliphatic rings. The lowest BCUT2D eigenvalue weighted by Crippen LogP contribution is -2.25. The van der Waals surface area contributed by atoms with E-state index in [1.54, 1.807) is 28.8 Å². The topological polar surface area (TPSA) is 56.1 Å². The molecule has 0 saturated carbocycles. The maximum Gasteiger partial charge on any atom is 0.416 e. The van der Waals surface area contributed by atoms with Crippen LogP contribution in [0.1, 0.15) is 32.9 Å². The molecule has 6 rings (SSSR count). The number of amides is 1. The number of hydrogen-bond acceptors (Lipinski definition) is 3. The second-order valence-electron chi connectivity index (χ2n) is 10.3. The lowest BCUT2D eigenvalue weighted by Gasteiger charge is -2.15. The van der Waals surface area contributed by atoms with Crippen molar-refractivity contribution >= 4 is 27.7 Å². The molecule has 43 heavy (non-hydrogen) atoms. The summed E-state index contributed by atoms with van der Waals surface area (Å²) in [5, 5.41) is 5.02. The molecule has 0 unspecified atom stereocenters. The van der Waals surface area contributed by atoms with Crippen LogP contribution in [0.4, 0.5) is 13.2 Å². The Morgan fingerprint density at radius 2 is 1.56 bits per heavy atom. The van der Waals surface area contributed by atoms with E-state index in [0.29, 0.717) is 41.1 Å². The van der Waals surface area contributed by atoms with E-state index < -0.39 is 11.7 Å². The summed E-state index contributed by atoms with van der Waals surface area (Å²) in [6.45, 7) is 0.430. The summed E-state index contributed by atoms with van der Waals surface area (Å²) in [5.41, 5.74) is 2.05. The molecular weight excluding hydrogens is 551 g/mol. The summed E-state index contributed by atoms with van der Waals surface area (Å²) in [5.74, 6) is 0.817. The fraction of sp³-hybridized carbons (Fsp3) is 0.143. The summed E-state index contributed by atoms with van der Waals surface area (Å²) in [7, 11) is 0. The third-order valence-corrected chi connectivity index (χ3v) is 7.37. The highest BCUT2D eigenvalue weighted by Crippen LogP contribution is 2.33. The lowest BCUT2D eigenvalue weighted by molar-refractivity contribution is -0.138. The summed E-state index contributed by atoms with van der Waals surface area (Å²) < 4.78 is 49.4. The first-order valence-electron chi connectivity index (χ1n) is 13.9. The van der Waals surface area contributed by atoms with Gasteiger partial charge in [-0.05, 0) is 64.7 Å². The van der Waals surface area contributed by atoms with Gasteiger partial charge in [0.2, 0.25) is 0 Å². The van der Waals surface area contributed by atoms with Crippen molar-refractivity contribution in [3.8, 4) is 5.75 Å². The van der Waals surface area contributed by atoms with Gasteiger partial charge in [-0.15, -0.1) is 0 Å². The second kappa shape index (κ2) is 12.0. The molecule has 5 nitrogen and oxygen atoms in total. The molecule has 1 heterocycles. The van der Waals surface area contributed by atoms with Gasteiger partial charge in [0, 0.05) is 12.1 Å². The molecule has 0 aliphatic heterocycles. The Bertz CT molecular complexity index is 1900. The first-order chi connectivity index (χ1) is 20.8. The number of benzene rings is 5. The number of hydrogen-bond donors (Lipinski definition) is 1. The molecule has 0 atom stereocenters. The fourth-order valence-electron chi connectivity index (χ4n) is 5.18. The molecule has 1 aromatic heterocycles. The predicted octanol–water partition coefficient (Wildman–Crippen LogP) is 7.81. The zero-order valence-corrected chi connectivity index (χ0v) is 23.1. The first-order valence-corrected chi connectivity index (χ1v) is 13.9. The molecule has 1 amide bonds. The van der Waals surface area contributed by atoms with Crippen LogP contribution >= 0.6 is 0 Å². The minimum atomic E-state index is -4.50. The Balaban J connectivity index is 1.29. The minimum absolute atomic E-state index is 0.0276. The quantitative estimate of drug-likeness (QED) is 0.190. The number of carbonyl (C=O) groups excluding carboxylic acids is 1.